The first-order valence-electron chi connectivity index (χ1n) is 13.0. The Bertz CT molecular complexity index is 1330. The van der Waals surface area contributed by atoms with E-state index in [1.54, 1.807) is 27.9 Å². The van der Waals surface area contributed by atoms with E-state index in [-0.39, 0.29) is 12.0 Å². The van der Waals surface area contributed by atoms with E-state index in [2.05, 4.69) is 15.0 Å². The van der Waals surface area contributed by atoms with Crippen molar-refractivity contribution in [1.29, 1.82) is 0 Å². The molecule has 2 saturated heterocycles. The van der Waals surface area contributed by atoms with Crippen LogP contribution < -0.4 is 4.74 Å². The first-order valence-corrected chi connectivity index (χ1v) is 13.4. The number of rotatable bonds is 5. The minimum absolute atomic E-state index is 0.00225. The summed E-state index contributed by atoms with van der Waals surface area (Å²) in [6.45, 7) is 1.98. The van der Waals surface area contributed by atoms with E-state index < -0.39 is 5.82 Å². The van der Waals surface area contributed by atoms with Gasteiger partial charge in [0.1, 0.15) is 17.7 Å². The van der Waals surface area contributed by atoms with Crippen molar-refractivity contribution in [2.24, 2.45) is 5.92 Å². The molecule has 3 aliphatic heterocycles. The minimum atomic E-state index is -0.393. The van der Waals surface area contributed by atoms with Crippen LogP contribution in [0.25, 0.3) is 5.65 Å². The number of hydrogen-bond acceptors (Lipinski definition) is 5. The fourth-order valence-corrected chi connectivity index (χ4v) is 6.72. The number of benzene rings is 1. The van der Waals surface area contributed by atoms with Crippen LogP contribution in [0.2, 0.25) is 5.02 Å². The van der Waals surface area contributed by atoms with E-state index in [9.17, 15) is 9.18 Å². The maximum atomic E-state index is 14.3. The van der Waals surface area contributed by atoms with Crippen molar-refractivity contribution >= 4 is 23.2 Å². The first kappa shape index (κ1) is 22.5. The van der Waals surface area contributed by atoms with Crippen LogP contribution in [0, 0.1) is 11.7 Å². The normalized spacial score (nSPS) is 25.8. The Labute approximate surface area is 214 Å². The summed E-state index contributed by atoms with van der Waals surface area (Å²) in [5.41, 5.74) is 2.82. The van der Waals surface area contributed by atoms with Gasteiger partial charge in [-0.3, -0.25) is 9.69 Å². The number of amides is 1. The average Bonchev–Trinajstić information content (AvgIpc) is 3.44. The Morgan fingerprint density at radius 1 is 1.14 bits per heavy atom. The second-order valence-corrected chi connectivity index (χ2v) is 11.3. The third-order valence-electron chi connectivity index (χ3n) is 8.60. The van der Waals surface area contributed by atoms with E-state index in [0.29, 0.717) is 47.2 Å². The van der Waals surface area contributed by atoms with Crippen LogP contribution in [0.5, 0.6) is 5.75 Å². The molecule has 1 unspecified atom stereocenters. The number of aromatic nitrogens is 3. The van der Waals surface area contributed by atoms with E-state index in [1.807, 2.05) is 0 Å². The number of carbonyl (C=O) groups is 1. The molecule has 7 rings (SSSR count). The minimum Gasteiger partial charge on any atom is -0.489 e. The van der Waals surface area contributed by atoms with Gasteiger partial charge in [-0.25, -0.2) is 13.9 Å². The standard InChI is InChI=1S/C27H29ClFN5O2/c28-17-11-30-26-23-14-32(15-24(23)31-34(26)13-17)27(35)22-7-4-18(29)8-25(22)36-21-9-19-5-6-20(10-21)33(19)12-16-2-1-3-16/h4,7-8,11,13,16,19-21H,1-3,5-6,9-10,12,14-15H2/t19-,20+,21?. The fraction of sp³-hybridized carbons (Fsp3) is 0.519. The van der Waals surface area contributed by atoms with Crippen LogP contribution in [-0.4, -0.2) is 55.0 Å². The van der Waals surface area contributed by atoms with Gasteiger partial charge in [-0.1, -0.05) is 18.0 Å². The highest BCUT2D eigenvalue weighted by Crippen LogP contribution is 2.40. The van der Waals surface area contributed by atoms with Gasteiger partial charge in [0.2, 0.25) is 0 Å². The second kappa shape index (κ2) is 8.70. The fourth-order valence-electron chi connectivity index (χ4n) is 6.58. The third kappa shape index (κ3) is 3.86. The molecule has 2 bridgehead atoms. The van der Waals surface area contributed by atoms with E-state index >= 15 is 0 Å². The SMILES string of the molecule is O=C(c1ccc(F)cc1OC1C[C@H]2CC[C@@H](C1)N2CC1CCC1)N1Cc2nn3cc(Cl)cnc3c2C1. The molecule has 2 aromatic heterocycles. The summed E-state index contributed by atoms with van der Waals surface area (Å²) in [6, 6.07) is 5.32. The molecule has 4 aliphatic rings. The van der Waals surface area contributed by atoms with Gasteiger partial charge in [-0.05, 0) is 56.6 Å². The molecule has 1 amide bonds. The zero-order valence-electron chi connectivity index (χ0n) is 20.1. The summed E-state index contributed by atoms with van der Waals surface area (Å²) in [5.74, 6) is 0.634. The third-order valence-corrected chi connectivity index (χ3v) is 8.79. The highest BCUT2D eigenvalue weighted by molar-refractivity contribution is 6.30. The molecule has 188 valence electrons. The van der Waals surface area contributed by atoms with Gasteiger partial charge in [0.15, 0.2) is 5.65 Å². The lowest BCUT2D eigenvalue weighted by Gasteiger charge is -2.42. The lowest BCUT2D eigenvalue weighted by molar-refractivity contribution is 0.0297. The van der Waals surface area contributed by atoms with Crippen LogP contribution >= 0.6 is 11.6 Å². The summed E-state index contributed by atoms with van der Waals surface area (Å²) in [5, 5.41) is 5.06. The largest absolute Gasteiger partial charge is 0.489 e. The molecule has 1 aromatic carbocycles. The molecule has 5 heterocycles. The number of halogens is 2. The smallest absolute Gasteiger partial charge is 0.258 e. The number of hydrogen-bond donors (Lipinski definition) is 0. The summed E-state index contributed by atoms with van der Waals surface area (Å²) >= 11 is 6.04. The molecular formula is C27H29ClFN5O2. The van der Waals surface area contributed by atoms with Crippen molar-refractivity contribution in [2.45, 2.75) is 76.2 Å². The Morgan fingerprint density at radius 2 is 1.94 bits per heavy atom. The molecule has 0 radical (unpaired) electrons. The maximum Gasteiger partial charge on any atom is 0.258 e. The number of nitrogens with zero attached hydrogens (tertiary/aromatic N) is 5. The van der Waals surface area contributed by atoms with Crippen molar-refractivity contribution in [3.8, 4) is 5.75 Å². The molecule has 0 spiro atoms. The van der Waals surface area contributed by atoms with Gasteiger partial charge in [-0.2, -0.15) is 5.10 Å². The molecule has 3 atom stereocenters. The predicted molar refractivity (Wildman–Crippen MR) is 132 cm³/mol. The number of piperidine rings is 1. The van der Waals surface area contributed by atoms with E-state index in [4.69, 9.17) is 16.3 Å². The predicted octanol–water partition coefficient (Wildman–Crippen LogP) is 4.85. The molecule has 1 saturated carbocycles. The zero-order chi connectivity index (χ0) is 24.4. The highest BCUT2D eigenvalue weighted by atomic mass is 35.5. The Balaban J connectivity index is 1.08. The monoisotopic (exact) mass is 509 g/mol. The number of fused-ring (bicyclic) bond motifs is 5. The van der Waals surface area contributed by atoms with Crippen LogP contribution in [0.1, 0.15) is 66.6 Å². The van der Waals surface area contributed by atoms with Gasteiger partial charge in [-0.15, -0.1) is 0 Å². The average molecular weight is 510 g/mol. The van der Waals surface area contributed by atoms with Crippen LogP contribution in [0.3, 0.4) is 0 Å². The number of ether oxygens (including phenoxy) is 1. The van der Waals surface area contributed by atoms with Gasteiger partial charge in [0, 0.05) is 36.5 Å². The van der Waals surface area contributed by atoms with E-state index in [0.717, 1.165) is 30.0 Å². The molecule has 3 fully saturated rings. The number of carbonyl (C=O) groups excluding carboxylic acids is 1. The van der Waals surface area contributed by atoms with E-state index in [1.165, 1.54) is 50.8 Å². The maximum absolute atomic E-state index is 14.3. The van der Waals surface area contributed by atoms with Crippen LogP contribution in [-0.2, 0) is 13.1 Å². The van der Waals surface area contributed by atoms with Crippen molar-refractivity contribution in [3.63, 3.8) is 0 Å². The summed E-state index contributed by atoms with van der Waals surface area (Å²) in [4.78, 5) is 22.4. The molecule has 9 heteroatoms. The first-order chi connectivity index (χ1) is 17.5. The second-order valence-electron chi connectivity index (χ2n) is 10.9. The summed E-state index contributed by atoms with van der Waals surface area (Å²) < 4.78 is 22.3. The van der Waals surface area contributed by atoms with Crippen LogP contribution in [0.4, 0.5) is 4.39 Å². The molecular weight excluding hydrogens is 481 g/mol. The molecule has 0 N–H and O–H groups in total. The summed E-state index contributed by atoms with van der Waals surface area (Å²) in [6.07, 6.45) is 11.7. The van der Waals surface area contributed by atoms with Gasteiger partial charge in [0.05, 0.1) is 35.6 Å². The molecule has 36 heavy (non-hydrogen) atoms. The topological polar surface area (TPSA) is 63.0 Å². The lowest BCUT2D eigenvalue weighted by Crippen LogP contribution is -2.48. The van der Waals surface area contributed by atoms with Crippen molar-refractivity contribution in [3.05, 3.63) is 58.3 Å². The molecule has 1 aliphatic carbocycles. The Morgan fingerprint density at radius 3 is 2.69 bits per heavy atom. The molecule has 3 aromatic rings. The van der Waals surface area contributed by atoms with Crippen molar-refractivity contribution in [2.75, 3.05) is 6.54 Å². The van der Waals surface area contributed by atoms with Crippen molar-refractivity contribution < 1.29 is 13.9 Å². The zero-order valence-corrected chi connectivity index (χ0v) is 20.8. The Kier molecular flexibility index (Phi) is 5.43. The summed E-state index contributed by atoms with van der Waals surface area (Å²) in [7, 11) is 0. The van der Waals surface area contributed by atoms with Crippen LogP contribution in [0.15, 0.2) is 30.6 Å². The van der Waals surface area contributed by atoms with Gasteiger partial charge < -0.3 is 9.64 Å². The Hall–Kier alpha value is -2.71. The lowest BCUT2D eigenvalue weighted by atomic mass is 9.84. The quantitative estimate of drug-likeness (QED) is 0.492. The van der Waals surface area contributed by atoms with Crippen molar-refractivity contribution in [1.82, 2.24) is 24.4 Å². The van der Waals surface area contributed by atoms with Gasteiger partial charge >= 0.3 is 0 Å². The van der Waals surface area contributed by atoms with Gasteiger partial charge in [0.25, 0.3) is 5.91 Å². The highest BCUT2D eigenvalue weighted by Gasteiger charge is 2.43. The molecule has 7 nitrogen and oxygen atoms in total.